The molecule has 0 saturated heterocycles. The Hall–Kier alpha value is -7.96. The molecule has 306 valence electrons. The number of fused-ring (bicyclic) bond motifs is 19. The number of thiophene rings is 1. The maximum atomic E-state index is 5.19. The van der Waals surface area contributed by atoms with Gasteiger partial charge in [0.1, 0.15) is 5.65 Å². The molecule has 1 aliphatic heterocycles. The summed E-state index contributed by atoms with van der Waals surface area (Å²) < 4.78 is 4.98. The fourth-order valence-electron chi connectivity index (χ4n) is 11.0. The number of nitrogens with zero attached hydrogens (tertiary/aromatic N) is 3. The van der Waals surface area contributed by atoms with Gasteiger partial charge in [0.2, 0.25) is 0 Å². The summed E-state index contributed by atoms with van der Waals surface area (Å²) in [5.74, 6) is 0. The summed E-state index contributed by atoms with van der Waals surface area (Å²) in [7, 11) is 0. The minimum Gasteiger partial charge on any atom is -0.308 e. The minimum atomic E-state index is 0.989. The number of pyridine rings is 1. The van der Waals surface area contributed by atoms with Crippen LogP contribution in [0.15, 0.2) is 222 Å². The molecule has 3 aromatic heterocycles. The van der Waals surface area contributed by atoms with E-state index in [1.807, 2.05) is 23.1 Å². The Balaban J connectivity index is 0.939. The van der Waals surface area contributed by atoms with Crippen LogP contribution in [-0.2, 0) is 0 Å². The van der Waals surface area contributed by atoms with Crippen LogP contribution in [0.3, 0.4) is 0 Å². The van der Waals surface area contributed by atoms with Crippen LogP contribution in [-0.4, -0.2) is 9.38 Å². The van der Waals surface area contributed by atoms with E-state index in [-0.39, 0.29) is 0 Å². The first-order chi connectivity index (χ1) is 32.7. The number of hydrogen-bond donors (Lipinski definition) is 0. The summed E-state index contributed by atoms with van der Waals surface area (Å²) in [6.45, 7) is 0. The first kappa shape index (κ1) is 36.4. The van der Waals surface area contributed by atoms with E-state index in [0.717, 1.165) is 33.3 Å². The van der Waals surface area contributed by atoms with Crippen molar-refractivity contribution in [3.8, 4) is 22.3 Å². The molecule has 0 N–H and O–H groups in total. The van der Waals surface area contributed by atoms with Gasteiger partial charge in [-0.2, -0.15) is 0 Å². The summed E-state index contributed by atoms with van der Waals surface area (Å²) in [6, 6.07) is 78.6. The third-order valence-corrected chi connectivity index (χ3v) is 16.1. The van der Waals surface area contributed by atoms with Crippen molar-refractivity contribution in [3.05, 3.63) is 212 Å². The molecule has 0 amide bonds. The first-order valence-corrected chi connectivity index (χ1v) is 24.1. The zero-order valence-corrected chi connectivity index (χ0v) is 37.0. The Bertz CT molecular complexity index is 4390. The number of hydrogen-bond acceptors (Lipinski definition) is 4. The lowest BCUT2D eigenvalue weighted by molar-refractivity contribution is 1.17. The second-order valence-corrected chi connectivity index (χ2v) is 19.6. The average Bonchev–Trinajstić information content (AvgIpc) is 3.96. The molecule has 0 spiro atoms. The Kier molecular flexibility index (Phi) is 7.59. The third kappa shape index (κ3) is 5.18. The molecular weight excluding hydrogens is 839 g/mol. The maximum Gasteiger partial charge on any atom is 0.146 e. The second-order valence-electron chi connectivity index (χ2n) is 17.4. The zero-order chi connectivity index (χ0) is 43.0. The Labute approximate surface area is 387 Å². The molecule has 0 aliphatic carbocycles. The quantitative estimate of drug-likeness (QED) is 0.165. The van der Waals surface area contributed by atoms with Gasteiger partial charge in [0.05, 0.1) is 27.9 Å². The van der Waals surface area contributed by atoms with E-state index in [2.05, 4.69) is 222 Å². The van der Waals surface area contributed by atoms with E-state index >= 15 is 0 Å². The van der Waals surface area contributed by atoms with Crippen molar-refractivity contribution in [3.63, 3.8) is 0 Å². The van der Waals surface area contributed by atoms with Gasteiger partial charge >= 0.3 is 0 Å². The summed E-state index contributed by atoms with van der Waals surface area (Å²) in [5.41, 5.74) is 12.7. The van der Waals surface area contributed by atoms with Crippen LogP contribution in [0.1, 0.15) is 0 Å². The van der Waals surface area contributed by atoms with Gasteiger partial charge in [-0.3, -0.25) is 4.40 Å². The predicted octanol–water partition coefficient (Wildman–Crippen LogP) is 17.9. The lowest BCUT2D eigenvalue weighted by Gasteiger charge is -2.34. The van der Waals surface area contributed by atoms with Gasteiger partial charge in [-0.05, 0) is 139 Å². The Morgan fingerprint density at radius 2 is 1.00 bits per heavy atom. The summed E-state index contributed by atoms with van der Waals surface area (Å²) in [4.78, 5) is 10.1. The average molecular weight is 874 g/mol. The maximum absolute atomic E-state index is 5.19. The predicted molar refractivity (Wildman–Crippen MR) is 283 cm³/mol. The van der Waals surface area contributed by atoms with Crippen molar-refractivity contribution in [1.82, 2.24) is 9.38 Å². The highest BCUT2D eigenvalue weighted by Crippen LogP contribution is 2.55. The van der Waals surface area contributed by atoms with Gasteiger partial charge in [-0.15, -0.1) is 11.3 Å². The molecule has 14 aromatic rings. The SMILES string of the molecule is c1ccc(N2c3ccc(-c4ccc5c(c4)sc4ccccc45)cc3Sc3cc4c(cc32)c2ccccc2c2c(-c3ccc5c(c3)c3ccccc3n3c6ccccc6nc53)cccc42)cc1. The van der Waals surface area contributed by atoms with Crippen LogP contribution in [0.2, 0.25) is 0 Å². The smallest absolute Gasteiger partial charge is 0.146 e. The number of rotatable bonds is 3. The van der Waals surface area contributed by atoms with E-state index in [1.165, 1.54) is 107 Å². The molecule has 0 unspecified atom stereocenters. The molecule has 66 heavy (non-hydrogen) atoms. The summed E-state index contributed by atoms with van der Waals surface area (Å²) >= 11 is 3.76. The Morgan fingerprint density at radius 3 is 1.91 bits per heavy atom. The van der Waals surface area contributed by atoms with Crippen LogP contribution in [0.4, 0.5) is 17.1 Å². The van der Waals surface area contributed by atoms with Crippen molar-refractivity contribution in [2.75, 3.05) is 4.90 Å². The fourth-order valence-corrected chi connectivity index (χ4v) is 13.2. The van der Waals surface area contributed by atoms with Gasteiger partial charge in [0.15, 0.2) is 0 Å². The molecule has 3 nitrogen and oxygen atoms in total. The Morgan fingerprint density at radius 1 is 0.364 bits per heavy atom. The molecule has 15 rings (SSSR count). The zero-order valence-electron chi connectivity index (χ0n) is 35.4. The monoisotopic (exact) mass is 873 g/mol. The lowest BCUT2D eigenvalue weighted by atomic mass is 9.88. The van der Waals surface area contributed by atoms with Crippen molar-refractivity contribution < 1.29 is 0 Å². The highest BCUT2D eigenvalue weighted by Gasteiger charge is 2.28. The van der Waals surface area contributed by atoms with E-state index in [9.17, 15) is 0 Å². The molecule has 0 radical (unpaired) electrons. The van der Waals surface area contributed by atoms with Crippen LogP contribution < -0.4 is 4.90 Å². The molecule has 0 fully saturated rings. The fraction of sp³-hybridized carbons (Fsp3) is 0. The van der Waals surface area contributed by atoms with Crippen molar-refractivity contribution in [1.29, 1.82) is 0 Å². The largest absolute Gasteiger partial charge is 0.308 e. The minimum absolute atomic E-state index is 0.989. The molecule has 5 heteroatoms. The topological polar surface area (TPSA) is 20.5 Å². The second kappa shape index (κ2) is 13.8. The highest BCUT2D eigenvalue weighted by molar-refractivity contribution is 7.99. The third-order valence-electron chi connectivity index (χ3n) is 13.9. The first-order valence-electron chi connectivity index (χ1n) is 22.4. The van der Waals surface area contributed by atoms with Crippen LogP contribution in [0, 0.1) is 0 Å². The number of aromatic nitrogens is 2. The molecule has 4 heterocycles. The van der Waals surface area contributed by atoms with Gasteiger partial charge in [-0.25, -0.2) is 4.98 Å². The van der Waals surface area contributed by atoms with Gasteiger partial charge in [0.25, 0.3) is 0 Å². The standard InChI is InChI=1S/C61H35N3S2/c1-2-13-39(14-3-1)63-54-30-27-37(36-25-28-44-43-17-7-11-24-56(43)65-57(44)32-36)33-58(54)66-59-35-50-46-20-12-19-40(60(46)45-18-5-4-15-41(45)49(50)34-55(59)63)38-26-29-47-48(31-38)42-16-6-9-22-52(42)64-53-23-10-8-21-51(53)62-61(47)64/h1-35H. The molecule has 0 saturated carbocycles. The number of benzene rings is 11. The lowest BCUT2D eigenvalue weighted by Crippen LogP contribution is -2.15. The van der Waals surface area contributed by atoms with Crippen molar-refractivity contribution in [2.24, 2.45) is 0 Å². The number of anilines is 3. The van der Waals surface area contributed by atoms with Gasteiger partial charge in [0, 0.05) is 46.4 Å². The summed E-state index contributed by atoms with van der Waals surface area (Å²) in [6.07, 6.45) is 0. The van der Waals surface area contributed by atoms with E-state index in [4.69, 9.17) is 4.98 Å². The van der Waals surface area contributed by atoms with E-state index < -0.39 is 0 Å². The van der Waals surface area contributed by atoms with Gasteiger partial charge < -0.3 is 4.90 Å². The van der Waals surface area contributed by atoms with Crippen LogP contribution in [0.25, 0.3) is 113 Å². The highest BCUT2D eigenvalue weighted by atomic mass is 32.2. The van der Waals surface area contributed by atoms with Crippen molar-refractivity contribution >= 4 is 131 Å². The van der Waals surface area contributed by atoms with E-state index in [0.29, 0.717) is 0 Å². The normalized spacial score (nSPS) is 12.8. The van der Waals surface area contributed by atoms with E-state index in [1.54, 1.807) is 0 Å². The molecule has 11 aromatic carbocycles. The van der Waals surface area contributed by atoms with Crippen LogP contribution >= 0.6 is 23.1 Å². The molecule has 0 bridgehead atoms. The number of imidazole rings is 1. The molecule has 1 aliphatic rings. The number of para-hydroxylation sites is 4. The summed E-state index contributed by atoms with van der Waals surface area (Å²) in [5, 5.41) is 13.8. The van der Waals surface area contributed by atoms with Crippen LogP contribution in [0.5, 0.6) is 0 Å². The molecule has 0 atom stereocenters. The molecular formula is C61H35N3S2. The van der Waals surface area contributed by atoms with Gasteiger partial charge in [-0.1, -0.05) is 145 Å². The van der Waals surface area contributed by atoms with Crippen molar-refractivity contribution in [2.45, 2.75) is 9.79 Å².